The fraction of sp³-hybridized carbons (Fsp3) is 0.278. The summed E-state index contributed by atoms with van der Waals surface area (Å²) in [5.41, 5.74) is 2.49. The summed E-state index contributed by atoms with van der Waals surface area (Å²) in [4.78, 5) is 17.3. The van der Waals surface area contributed by atoms with Gasteiger partial charge in [0.1, 0.15) is 12.4 Å². The molecule has 0 spiro atoms. The van der Waals surface area contributed by atoms with Crippen molar-refractivity contribution >= 4 is 11.8 Å². The van der Waals surface area contributed by atoms with Crippen molar-refractivity contribution in [2.45, 2.75) is 20.5 Å². The standard InChI is InChI=1S/C18H21NO4/c1-4-23-19(18(20)21-3)16-11-7-6-10-15(16)13-22-17-12-8-5-9-14(17)2/h5-12H,4,13H2,1-3H3. The first kappa shape index (κ1) is 16.8. The third-order valence-electron chi connectivity index (χ3n) is 3.29. The first-order valence-corrected chi connectivity index (χ1v) is 7.44. The predicted octanol–water partition coefficient (Wildman–Crippen LogP) is 4.10. The van der Waals surface area contributed by atoms with Crippen LogP contribution in [0.2, 0.25) is 0 Å². The van der Waals surface area contributed by atoms with E-state index >= 15 is 0 Å². The van der Waals surface area contributed by atoms with Crippen molar-refractivity contribution in [2.75, 3.05) is 18.8 Å². The minimum atomic E-state index is -0.574. The number of hydrogen-bond acceptors (Lipinski definition) is 4. The van der Waals surface area contributed by atoms with Crippen LogP contribution in [0.5, 0.6) is 5.75 Å². The van der Waals surface area contributed by atoms with E-state index in [0.29, 0.717) is 18.9 Å². The first-order chi connectivity index (χ1) is 11.2. The van der Waals surface area contributed by atoms with Crippen LogP contribution >= 0.6 is 0 Å². The van der Waals surface area contributed by atoms with E-state index in [4.69, 9.17) is 14.3 Å². The molecule has 0 aromatic heterocycles. The van der Waals surface area contributed by atoms with E-state index in [0.717, 1.165) is 21.9 Å². The maximum atomic E-state index is 11.9. The highest BCUT2D eigenvalue weighted by molar-refractivity contribution is 5.86. The van der Waals surface area contributed by atoms with Crippen molar-refractivity contribution in [2.24, 2.45) is 0 Å². The second-order valence-corrected chi connectivity index (χ2v) is 4.87. The number of carbonyl (C=O) groups is 1. The summed E-state index contributed by atoms with van der Waals surface area (Å²) in [7, 11) is 1.32. The number of hydroxylamine groups is 1. The van der Waals surface area contributed by atoms with Crippen LogP contribution in [0.25, 0.3) is 0 Å². The summed E-state index contributed by atoms with van der Waals surface area (Å²) in [6.07, 6.45) is -0.574. The molecule has 5 heteroatoms. The number of hydrogen-bond donors (Lipinski definition) is 0. The zero-order chi connectivity index (χ0) is 16.7. The SMILES string of the molecule is CCON(C(=O)OC)c1ccccc1COc1ccccc1C. The van der Waals surface area contributed by atoms with Crippen LogP contribution in [-0.4, -0.2) is 19.8 Å². The number of carbonyl (C=O) groups excluding carboxylic acids is 1. The molecule has 1 amide bonds. The minimum Gasteiger partial charge on any atom is -0.489 e. The van der Waals surface area contributed by atoms with E-state index in [1.807, 2.05) is 56.3 Å². The Kier molecular flexibility index (Phi) is 6.00. The monoisotopic (exact) mass is 315 g/mol. The van der Waals surface area contributed by atoms with Crippen LogP contribution in [0.3, 0.4) is 0 Å². The maximum absolute atomic E-state index is 11.9. The van der Waals surface area contributed by atoms with E-state index in [9.17, 15) is 4.79 Å². The van der Waals surface area contributed by atoms with Crippen LogP contribution < -0.4 is 9.80 Å². The molecule has 122 valence electrons. The molecular weight excluding hydrogens is 294 g/mol. The van der Waals surface area contributed by atoms with Gasteiger partial charge < -0.3 is 9.47 Å². The minimum absolute atomic E-state index is 0.321. The van der Waals surface area contributed by atoms with Crippen molar-refractivity contribution in [3.8, 4) is 5.75 Å². The Morgan fingerprint density at radius 3 is 2.48 bits per heavy atom. The van der Waals surface area contributed by atoms with Gasteiger partial charge in [-0.3, -0.25) is 4.84 Å². The topological polar surface area (TPSA) is 48.0 Å². The smallest absolute Gasteiger partial charge is 0.438 e. The van der Waals surface area contributed by atoms with E-state index in [2.05, 4.69) is 0 Å². The van der Waals surface area contributed by atoms with Gasteiger partial charge in [-0.1, -0.05) is 36.4 Å². The van der Waals surface area contributed by atoms with Gasteiger partial charge in [0.25, 0.3) is 0 Å². The average molecular weight is 315 g/mol. The normalized spacial score (nSPS) is 10.2. The van der Waals surface area contributed by atoms with Gasteiger partial charge in [-0.05, 0) is 31.5 Å². The molecule has 5 nitrogen and oxygen atoms in total. The number of nitrogens with zero attached hydrogens (tertiary/aromatic N) is 1. The number of aryl methyl sites for hydroxylation is 1. The Morgan fingerprint density at radius 2 is 1.78 bits per heavy atom. The van der Waals surface area contributed by atoms with Gasteiger partial charge in [0.15, 0.2) is 0 Å². The maximum Gasteiger partial charge on any atom is 0.438 e. The number of benzene rings is 2. The van der Waals surface area contributed by atoms with E-state index in [1.165, 1.54) is 7.11 Å². The van der Waals surface area contributed by atoms with E-state index in [-0.39, 0.29) is 0 Å². The van der Waals surface area contributed by atoms with E-state index < -0.39 is 6.09 Å². The highest BCUT2D eigenvalue weighted by atomic mass is 16.7. The molecule has 0 atom stereocenters. The quantitative estimate of drug-likeness (QED) is 0.753. The van der Waals surface area contributed by atoms with Crippen LogP contribution in [0, 0.1) is 6.92 Å². The predicted molar refractivity (Wildman–Crippen MR) is 88.5 cm³/mol. The summed E-state index contributed by atoms with van der Waals surface area (Å²) in [5, 5.41) is 1.15. The van der Waals surface area contributed by atoms with E-state index in [1.54, 1.807) is 6.07 Å². The molecule has 0 heterocycles. The molecule has 2 rings (SSSR count). The van der Waals surface area contributed by atoms with Gasteiger partial charge in [0, 0.05) is 5.56 Å². The lowest BCUT2D eigenvalue weighted by molar-refractivity contribution is 0.0917. The molecule has 23 heavy (non-hydrogen) atoms. The lowest BCUT2D eigenvalue weighted by Gasteiger charge is -2.22. The third-order valence-corrected chi connectivity index (χ3v) is 3.29. The average Bonchev–Trinajstić information content (AvgIpc) is 2.59. The Labute approximate surface area is 136 Å². The van der Waals surface area contributed by atoms with Gasteiger partial charge in [-0.2, -0.15) is 5.06 Å². The largest absolute Gasteiger partial charge is 0.489 e. The number of anilines is 1. The fourth-order valence-electron chi connectivity index (χ4n) is 2.14. The molecule has 0 radical (unpaired) electrons. The van der Waals surface area contributed by atoms with Gasteiger partial charge in [0.2, 0.25) is 0 Å². The summed E-state index contributed by atoms with van der Waals surface area (Å²) in [6.45, 7) is 4.47. The molecule has 0 aliphatic heterocycles. The van der Waals surface area contributed by atoms with Crippen LogP contribution in [0.15, 0.2) is 48.5 Å². The van der Waals surface area contributed by atoms with Crippen LogP contribution in [0.1, 0.15) is 18.1 Å². The summed E-state index contributed by atoms with van der Waals surface area (Å²) in [6, 6.07) is 15.2. The van der Waals surface area contributed by atoms with Gasteiger partial charge >= 0.3 is 6.09 Å². The van der Waals surface area contributed by atoms with Crippen molar-refractivity contribution in [1.82, 2.24) is 0 Å². The lowest BCUT2D eigenvalue weighted by Crippen LogP contribution is -2.32. The van der Waals surface area contributed by atoms with Crippen molar-refractivity contribution in [3.05, 3.63) is 59.7 Å². The molecule has 0 bridgehead atoms. The number of methoxy groups -OCH3 is 1. The Balaban J connectivity index is 2.22. The highest BCUT2D eigenvalue weighted by Crippen LogP contribution is 2.24. The number of rotatable bonds is 6. The Bertz CT molecular complexity index is 657. The molecule has 0 unspecified atom stereocenters. The molecule has 2 aromatic carbocycles. The van der Waals surface area contributed by atoms with Crippen molar-refractivity contribution in [1.29, 1.82) is 0 Å². The van der Waals surface area contributed by atoms with Crippen molar-refractivity contribution < 1.29 is 19.1 Å². The molecule has 0 fully saturated rings. The summed E-state index contributed by atoms with van der Waals surface area (Å²) in [5.74, 6) is 0.809. The fourth-order valence-corrected chi connectivity index (χ4v) is 2.14. The molecule has 0 saturated heterocycles. The number of para-hydroxylation sites is 2. The first-order valence-electron chi connectivity index (χ1n) is 7.44. The molecule has 0 aliphatic rings. The van der Waals surface area contributed by atoms with Gasteiger partial charge in [0.05, 0.1) is 19.4 Å². The molecule has 2 aromatic rings. The number of amides is 1. The third kappa shape index (κ3) is 4.23. The van der Waals surface area contributed by atoms with Gasteiger partial charge in [-0.25, -0.2) is 4.79 Å². The van der Waals surface area contributed by atoms with Gasteiger partial charge in [-0.15, -0.1) is 0 Å². The van der Waals surface area contributed by atoms with Crippen molar-refractivity contribution in [3.63, 3.8) is 0 Å². The molecular formula is C18H21NO4. The Hall–Kier alpha value is -2.53. The summed E-state index contributed by atoms with van der Waals surface area (Å²) >= 11 is 0. The summed E-state index contributed by atoms with van der Waals surface area (Å²) < 4.78 is 10.6. The lowest BCUT2D eigenvalue weighted by atomic mass is 10.2. The molecule has 0 saturated carbocycles. The van der Waals surface area contributed by atoms with Crippen LogP contribution in [-0.2, 0) is 16.2 Å². The highest BCUT2D eigenvalue weighted by Gasteiger charge is 2.20. The zero-order valence-electron chi connectivity index (χ0n) is 13.6. The molecule has 0 aliphatic carbocycles. The molecule has 0 N–H and O–H groups in total. The van der Waals surface area contributed by atoms with Crippen LogP contribution in [0.4, 0.5) is 10.5 Å². The second-order valence-electron chi connectivity index (χ2n) is 4.87. The Morgan fingerprint density at radius 1 is 1.09 bits per heavy atom. The number of ether oxygens (including phenoxy) is 2. The second kappa shape index (κ2) is 8.19. The zero-order valence-corrected chi connectivity index (χ0v) is 13.6.